The Balaban J connectivity index is 1.52. The van der Waals surface area contributed by atoms with E-state index in [4.69, 9.17) is 11.6 Å². The second-order valence-corrected chi connectivity index (χ2v) is 11.0. The molecular formula is C19H24ClNO4S. The van der Waals surface area contributed by atoms with Crippen molar-refractivity contribution in [3.05, 3.63) is 29.3 Å². The zero-order valence-electron chi connectivity index (χ0n) is 14.9. The molecule has 1 atom stereocenters. The van der Waals surface area contributed by atoms with E-state index < -0.39 is 20.2 Å². The highest BCUT2D eigenvalue weighted by Gasteiger charge is 2.63. The first-order chi connectivity index (χ1) is 12.1. The maximum absolute atomic E-state index is 13.1. The first-order valence-corrected chi connectivity index (χ1v) is 11.0. The fourth-order valence-electron chi connectivity index (χ4n) is 4.61. The molecule has 0 radical (unpaired) electrons. The van der Waals surface area contributed by atoms with E-state index in [1.807, 2.05) is 6.92 Å². The van der Waals surface area contributed by atoms with Crippen LogP contribution >= 0.6 is 11.6 Å². The van der Waals surface area contributed by atoms with Gasteiger partial charge in [0.15, 0.2) is 14.6 Å². The fourth-order valence-corrected chi connectivity index (χ4v) is 6.68. The van der Waals surface area contributed by atoms with Crippen molar-refractivity contribution in [3.63, 3.8) is 0 Å². The SMILES string of the molecule is CC1(O)CCC12CCN(C(=O)C1(S(=O)(=O)c3ccc(Cl)cc3)CC1)CC2. The number of hydrogen-bond donors (Lipinski definition) is 1. The number of halogens is 1. The molecule has 5 nitrogen and oxygen atoms in total. The summed E-state index contributed by atoms with van der Waals surface area (Å²) in [7, 11) is -3.74. The largest absolute Gasteiger partial charge is 0.390 e. The molecule has 1 unspecified atom stereocenters. The lowest BCUT2D eigenvalue weighted by molar-refractivity contribution is -0.180. The van der Waals surface area contributed by atoms with Gasteiger partial charge in [-0.3, -0.25) is 4.79 Å². The minimum atomic E-state index is -3.74. The molecule has 26 heavy (non-hydrogen) atoms. The summed E-state index contributed by atoms with van der Waals surface area (Å²) < 4.78 is 24.8. The molecule has 1 heterocycles. The minimum Gasteiger partial charge on any atom is -0.390 e. The molecule has 1 aromatic rings. The normalized spacial score (nSPS) is 29.3. The van der Waals surface area contributed by atoms with Crippen LogP contribution in [0.1, 0.15) is 45.4 Å². The summed E-state index contributed by atoms with van der Waals surface area (Å²) >= 11 is 5.85. The van der Waals surface area contributed by atoms with Gasteiger partial charge in [-0.05, 0) is 69.7 Å². The van der Waals surface area contributed by atoms with Crippen LogP contribution in [0.4, 0.5) is 0 Å². The third kappa shape index (κ3) is 2.45. The average Bonchev–Trinajstić information content (AvgIpc) is 3.43. The Labute approximate surface area is 159 Å². The smallest absolute Gasteiger partial charge is 0.244 e. The molecule has 3 aliphatic rings. The van der Waals surface area contributed by atoms with Crippen LogP contribution in [-0.2, 0) is 14.6 Å². The van der Waals surface area contributed by atoms with Gasteiger partial charge in [-0.15, -0.1) is 0 Å². The first kappa shape index (κ1) is 18.3. The standard InChI is InChI=1S/C19H24ClNO4S/c1-17(23)6-7-18(17)10-12-21(13-11-18)16(22)19(8-9-19)26(24,25)15-4-2-14(20)3-5-15/h2-5,23H,6-13H2,1H3. The molecule has 0 bridgehead atoms. The molecule has 0 aromatic heterocycles. The topological polar surface area (TPSA) is 74.7 Å². The highest BCUT2D eigenvalue weighted by Crippen LogP contribution is 2.57. The molecule has 1 saturated heterocycles. The van der Waals surface area contributed by atoms with Gasteiger partial charge in [0.25, 0.3) is 0 Å². The van der Waals surface area contributed by atoms with Gasteiger partial charge in [-0.25, -0.2) is 8.42 Å². The lowest BCUT2D eigenvalue weighted by Gasteiger charge is -2.58. The molecule has 3 fully saturated rings. The van der Waals surface area contributed by atoms with Gasteiger partial charge >= 0.3 is 0 Å². The van der Waals surface area contributed by atoms with Crippen molar-refractivity contribution >= 4 is 27.3 Å². The zero-order chi connectivity index (χ0) is 18.8. The van der Waals surface area contributed by atoms with Crippen LogP contribution in [0.3, 0.4) is 0 Å². The number of amides is 1. The van der Waals surface area contributed by atoms with Crippen LogP contribution in [0.25, 0.3) is 0 Å². The van der Waals surface area contributed by atoms with Crippen molar-refractivity contribution in [1.29, 1.82) is 0 Å². The number of aliphatic hydroxyl groups is 1. The lowest BCUT2D eigenvalue weighted by Crippen LogP contribution is -2.61. The Morgan fingerprint density at radius 3 is 2.04 bits per heavy atom. The number of carbonyl (C=O) groups is 1. The average molecular weight is 398 g/mol. The van der Waals surface area contributed by atoms with E-state index in [1.54, 1.807) is 17.0 Å². The summed E-state index contributed by atoms with van der Waals surface area (Å²) in [5, 5.41) is 10.9. The van der Waals surface area contributed by atoms with Crippen LogP contribution in [0, 0.1) is 5.41 Å². The quantitative estimate of drug-likeness (QED) is 0.850. The number of sulfone groups is 1. The van der Waals surface area contributed by atoms with E-state index in [0.29, 0.717) is 31.0 Å². The van der Waals surface area contributed by atoms with Gasteiger partial charge in [0, 0.05) is 23.5 Å². The number of nitrogens with zero attached hydrogens (tertiary/aromatic N) is 1. The lowest BCUT2D eigenvalue weighted by atomic mass is 9.53. The van der Waals surface area contributed by atoms with Crippen LogP contribution in [0.2, 0.25) is 5.02 Å². The summed E-state index contributed by atoms with van der Waals surface area (Å²) in [4.78, 5) is 15.0. The molecule has 1 amide bonds. The molecule has 1 aromatic carbocycles. The predicted octanol–water partition coefficient (Wildman–Crippen LogP) is 2.80. The second-order valence-electron chi connectivity index (χ2n) is 8.30. The maximum atomic E-state index is 13.1. The Morgan fingerprint density at radius 2 is 1.62 bits per heavy atom. The number of likely N-dealkylation sites (tertiary alicyclic amines) is 1. The summed E-state index contributed by atoms with van der Waals surface area (Å²) in [6.45, 7) is 2.92. The van der Waals surface area contributed by atoms with Gasteiger partial charge in [-0.1, -0.05) is 11.6 Å². The summed E-state index contributed by atoms with van der Waals surface area (Å²) in [6, 6.07) is 6.03. The first-order valence-electron chi connectivity index (χ1n) is 9.16. The maximum Gasteiger partial charge on any atom is 0.244 e. The predicted molar refractivity (Wildman–Crippen MR) is 98.7 cm³/mol. The highest BCUT2D eigenvalue weighted by atomic mass is 35.5. The minimum absolute atomic E-state index is 0.102. The molecule has 142 valence electrons. The molecule has 1 aliphatic heterocycles. The van der Waals surface area contributed by atoms with Crippen molar-refractivity contribution < 1.29 is 18.3 Å². The van der Waals surface area contributed by atoms with E-state index >= 15 is 0 Å². The molecular weight excluding hydrogens is 374 g/mol. The van der Waals surface area contributed by atoms with Crippen molar-refractivity contribution in [2.45, 2.75) is 60.7 Å². The number of rotatable bonds is 3. The van der Waals surface area contributed by atoms with Gasteiger partial charge < -0.3 is 10.0 Å². The van der Waals surface area contributed by atoms with E-state index in [2.05, 4.69) is 0 Å². The van der Waals surface area contributed by atoms with Crippen molar-refractivity contribution in [3.8, 4) is 0 Å². The fraction of sp³-hybridized carbons (Fsp3) is 0.632. The van der Waals surface area contributed by atoms with Crippen molar-refractivity contribution in [2.75, 3.05) is 13.1 Å². The van der Waals surface area contributed by atoms with Gasteiger partial charge in [0.05, 0.1) is 10.5 Å². The molecule has 1 spiro atoms. The summed E-state index contributed by atoms with van der Waals surface area (Å²) in [6.07, 6.45) is 4.00. The van der Waals surface area contributed by atoms with Crippen LogP contribution in [0.5, 0.6) is 0 Å². The Hall–Kier alpha value is -1.11. The van der Waals surface area contributed by atoms with Crippen LogP contribution in [0.15, 0.2) is 29.2 Å². The van der Waals surface area contributed by atoms with E-state index in [9.17, 15) is 18.3 Å². The summed E-state index contributed by atoms with van der Waals surface area (Å²) in [5.74, 6) is -0.277. The second kappa shape index (κ2) is 5.69. The van der Waals surface area contributed by atoms with Gasteiger partial charge in [0.2, 0.25) is 5.91 Å². The summed E-state index contributed by atoms with van der Waals surface area (Å²) in [5.41, 5.74) is -0.760. The van der Waals surface area contributed by atoms with E-state index in [0.717, 1.165) is 25.7 Å². The van der Waals surface area contributed by atoms with Crippen molar-refractivity contribution in [1.82, 2.24) is 4.90 Å². The van der Waals surface area contributed by atoms with Crippen molar-refractivity contribution in [2.24, 2.45) is 5.41 Å². The van der Waals surface area contributed by atoms with Crippen LogP contribution < -0.4 is 0 Å². The van der Waals surface area contributed by atoms with E-state index in [1.165, 1.54) is 12.1 Å². The number of carbonyl (C=O) groups excluding carboxylic acids is 1. The van der Waals surface area contributed by atoms with Gasteiger partial charge in [-0.2, -0.15) is 0 Å². The van der Waals surface area contributed by atoms with E-state index in [-0.39, 0.29) is 16.2 Å². The monoisotopic (exact) mass is 397 g/mol. The third-order valence-corrected chi connectivity index (χ3v) is 9.73. The van der Waals surface area contributed by atoms with Crippen LogP contribution in [-0.4, -0.2) is 47.8 Å². The Kier molecular flexibility index (Phi) is 4.00. The highest BCUT2D eigenvalue weighted by molar-refractivity contribution is 7.94. The Morgan fingerprint density at radius 1 is 1.04 bits per heavy atom. The Bertz CT molecular complexity index is 835. The number of benzene rings is 1. The molecule has 2 aliphatic carbocycles. The molecule has 1 N–H and O–H groups in total. The van der Waals surface area contributed by atoms with Gasteiger partial charge in [0.1, 0.15) is 0 Å². The molecule has 4 rings (SSSR count). The molecule has 2 saturated carbocycles. The zero-order valence-corrected chi connectivity index (χ0v) is 16.4. The third-order valence-electron chi connectivity index (χ3n) is 6.97. The molecule has 7 heteroatoms. The number of piperidine rings is 1. The number of hydrogen-bond acceptors (Lipinski definition) is 4.